The molecule has 0 spiro atoms. The zero-order valence-corrected chi connectivity index (χ0v) is 17.3. The molecule has 7 nitrogen and oxygen atoms in total. The summed E-state index contributed by atoms with van der Waals surface area (Å²) in [5, 5.41) is 26.2. The molecular formula is C22H22F3N3O4. The number of halogens is 3. The summed E-state index contributed by atoms with van der Waals surface area (Å²) in [6.45, 7) is 2.07. The summed E-state index contributed by atoms with van der Waals surface area (Å²) >= 11 is 0. The van der Waals surface area contributed by atoms with E-state index < -0.39 is 46.1 Å². The fourth-order valence-corrected chi connectivity index (χ4v) is 3.59. The normalized spacial score (nSPS) is 18.5. The second-order valence-corrected chi connectivity index (χ2v) is 7.58. The highest BCUT2D eigenvalue weighted by Crippen LogP contribution is 2.41. The van der Waals surface area contributed by atoms with Crippen molar-refractivity contribution in [3.05, 3.63) is 75.3 Å². The Hall–Kier alpha value is -3.27. The monoisotopic (exact) mass is 449 g/mol. The van der Waals surface area contributed by atoms with Crippen LogP contribution < -0.4 is 0 Å². The van der Waals surface area contributed by atoms with Crippen molar-refractivity contribution < 1.29 is 28.0 Å². The van der Waals surface area contributed by atoms with Crippen LogP contribution in [0.3, 0.4) is 0 Å². The minimum absolute atomic E-state index is 0.0340. The lowest BCUT2D eigenvalue weighted by Crippen LogP contribution is -2.44. The number of hydrogen-bond donors (Lipinski definition) is 1. The zero-order chi connectivity index (χ0) is 23.5. The zero-order valence-electron chi connectivity index (χ0n) is 17.3. The number of alkyl halides is 3. The molecule has 170 valence electrons. The van der Waals surface area contributed by atoms with Gasteiger partial charge in [0.05, 0.1) is 11.3 Å². The number of aliphatic hydroxyl groups is 1. The maximum Gasteiger partial charge on any atom is 0.431 e. The molecule has 0 unspecified atom stereocenters. The van der Waals surface area contributed by atoms with E-state index in [9.17, 15) is 33.2 Å². The van der Waals surface area contributed by atoms with Crippen LogP contribution in [0.25, 0.3) is 0 Å². The SMILES string of the molecule is CCCCCc1ccc([C@@]2(O)CC(C(F)(F)F)=NN2C(=O)c2ccccc2[N+](=O)[O-])cc1. The van der Waals surface area contributed by atoms with Crippen LogP contribution in [0.1, 0.15) is 54.1 Å². The molecule has 0 bridgehead atoms. The summed E-state index contributed by atoms with van der Waals surface area (Å²) in [6, 6.07) is 11.1. The van der Waals surface area contributed by atoms with E-state index >= 15 is 0 Å². The van der Waals surface area contributed by atoms with Crippen molar-refractivity contribution in [2.45, 2.75) is 50.9 Å². The first-order valence-electron chi connectivity index (χ1n) is 10.1. The Balaban J connectivity index is 2.00. The van der Waals surface area contributed by atoms with Crippen LogP contribution in [-0.2, 0) is 12.1 Å². The Bertz CT molecular complexity index is 1040. The van der Waals surface area contributed by atoms with E-state index in [0.29, 0.717) is 5.01 Å². The maximum absolute atomic E-state index is 13.4. The van der Waals surface area contributed by atoms with Gasteiger partial charge >= 0.3 is 6.18 Å². The van der Waals surface area contributed by atoms with Crippen LogP contribution in [-0.4, -0.2) is 32.8 Å². The first kappa shape index (κ1) is 23.4. The molecule has 0 saturated heterocycles. The van der Waals surface area contributed by atoms with Gasteiger partial charge in [0.15, 0.2) is 5.72 Å². The molecule has 1 N–H and O–H groups in total. The number of nitro benzene ring substituents is 1. The summed E-state index contributed by atoms with van der Waals surface area (Å²) in [5.74, 6) is -1.20. The van der Waals surface area contributed by atoms with Gasteiger partial charge in [0.2, 0.25) is 0 Å². The maximum atomic E-state index is 13.4. The van der Waals surface area contributed by atoms with E-state index in [4.69, 9.17) is 0 Å². The van der Waals surface area contributed by atoms with Gasteiger partial charge in [-0.3, -0.25) is 14.9 Å². The molecule has 1 aliphatic rings. The van der Waals surface area contributed by atoms with Crippen LogP contribution in [0.5, 0.6) is 0 Å². The molecule has 32 heavy (non-hydrogen) atoms. The van der Waals surface area contributed by atoms with Crippen LogP contribution in [0, 0.1) is 10.1 Å². The third-order valence-corrected chi connectivity index (χ3v) is 5.32. The smallest absolute Gasteiger partial charge is 0.365 e. The van der Waals surface area contributed by atoms with Gasteiger partial charge in [-0.25, -0.2) is 0 Å². The van der Waals surface area contributed by atoms with Gasteiger partial charge in [-0.15, -0.1) is 0 Å². The number of carbonyl (C=O) groups excluding carboxylic acids is 1. The number of hydrazone groups is 1. The van der Waals surface area contributed by atoms with Crippen molar-refractivity contribution >= 4 is 17.3 Å². The van der Waals surface area contributed by atoms with E-state index in [2.05, 4.69) is 12.0 Å². The number of benzene rings is 2. The first-order valence-corrected chi connectivity index (χ1v) is 10.1. The molecule has 10 heteroatoms. The fraction of sp³-hybridized carbons (Fsp3) is 0.364. The average molecular weight is 449 g/mol. The lowest BCUT2D eigenvalue weighted by molar-refractivity contribution is -0.385. The first-order chi connectivity index (χ1) is 15.1. The molecule has 1 heterocycles. The van der Waals surface area contributed by atoms with Crippen LogP contribution in [0.2, 0.25) is 0 Å². The van der Waals surface area contributed by atoms with E-state index in [1.807, 2.05) is 0 Å². The third kappa shape index (κ3) is 4.64. The number of rotatable bonds is 7. The van der Waals surface area contributed by atoms with Crippen LogP contribution in [0.4, 0.5) is 18.9 Å². The van der Waals surface area contributed by atoms with Gasteiger partial charge in [-0.2, -0.15) is 23.3 Å². The molecule has 2 aromatic carbocycles. The number of hydrogen-bond acceptors (Lipinski definition) is 5. The molecule has 0 aromatic heterocycles. The number of nitro groups is 1. The summed E-state index contributed by atoms with van der Waals surface area (Å²) in [6.07, 6.45) is -2.08. The Kier molecular flexibility index (Phi) is 6.63. The molecule has 0 fully saturated rings. The minimum Gasteiger partial charge on any atom is -0.365 e. The highest BCUT2D eigenvalue weighted by Gasteiger charge is 2.53. The summed E-state index contributed by atoms with van der Waals surface area (Å²) in [5.41, 5.74) is -3.88. The lowest BCUT2D eigenvalue weighted by atomic mass is 9.94. The molecule has 0 radical (unpaired) electrons. The van der Waals surface area contributed by atoms with E-state index in [1.54, 1.807) is 12.1 Å². The highest BCUT2D eigenvalue weighted by molar-refractivity contribution is 6.02. The topological polar surface area (TPSA) is 96.0 Å². The number of unbranched alkanes of at least 4 members (excludes halogenated alkanes) is 2. The highest BCUT2D eigenvalue weighted by atomic mass is 19.4. The molecule has 1 amide bonds. The summed E-state index contributed by atoms with van der Waals surface area (Å²) < 4.78 is 40.2. The van der Waals surface area contributed by atoms with E-state index in [-0.39, 0.29) is 5.56 Å². The number of carbonyl (C=O) groups is 1. The Morgan fingerprint density at radius 3 is 2.44 bits per heavy atom. The molecule has 1 atom stereocenters. The van der Waals surface area contributed by atoms with Crippen molar-refractivity contribution in [1.29, 1.82) is 0 Å². The standard InChI is InChI=1S/C22H22F3N3O4/c1-2-3-4-7-15-10-12-16(13-11-15)21(30)14-19(22(23,24)25)26-27(21)20(29)17-8-5-6-9-18(17)28(31)32/h5-6,8-13,30H,2-4,7,14H2,1H3/t21-/m0/s1. The van der Waals surface area contributed by atoms with Gasteiger partial charge < -0.3 is 5.11 Å². The van der Waals surface area contributed by atoms with Crippen molar-refractivity contribution in [1.82, 2.24) is 5.01 Å². The number of para-hydroxylation sites is 1. The number of amides is 1. The Morgan fingerprint density at radius 1 is 1.19 bits per heavy atom. The quantitative estimate of drug-likeness (QED) is 0.368. The Morgan fingerprint density at radius 2 is 1.84 bits per heavy atom. The molecule has 0 aliphatic carbocycles. The van der Waals surface area contributed by atoms with Gasteiger partial charge in [-0.1, -0.05) is 56.2 Å². The summed E-state index contributed by atoms with van der Waals surface area (Å²) in [4.78, 5) is 23.5. The second kappa shape index (κ2) is 9.07. The average Bonchev–Trinajstić information content (AvgIpc) is 3.13. The van der Waals surface area contributed by atoms with Crippen molar-refractivity contribution in [2.24, 2.45) is 5.10 Å². The Labute approximate surface area is 182 Å². The molecule has 3 rings (SSSR count). The second-order valence-electron chi connectivity index (χ2n) is 7.58. The van der Waals surface area contributed by atoms with Gasteiger partial charge in [-0.05, 0) is 24.5 Å². The van der Waals surface area contributed by atoms with Crippen LogP contribution >= 0.6 is 0 Å². The van der Waals surface area contributed by atoms with Crippen molar-refractivity contribution in [3.8, 4) is 0 Å². The minimum atomic E-state index is -4.88. The van der Waals surface area contributed by atoms with Crippen molar-refractivity contribution in [2.75, 3.05) is 0 Å². The fourth-order valence-electron chi connectivity index (χ4n) is 3.59. The largest absolute Gasteiger partial charge is 0.431 e. The molecule has 2 aromatic rings. The van der Waals surface area contributed by atoms with Gasteiger partial charge in [0.1, 0.15) is 11.3 Å². The third-order valence-electron chi connectivity index (χ3n) is 5.32. The molecule has 1 aliphatic heterocycles. The predicted molar refractivity (Wildman–Crippen MR) is 111 cm³/mol. The van der Waals surface area contributed by atoms with Gasteiger partial charge in [0, 0.05) is 11.6 Å². The lowest BCUT2D eigenvalue weighted by Gasteiger charge is -2.31. The molecule has 0 saturated carbocycles. The number of aryl methyl sites for hydroxylation is 1. The van der Waals surface area contributed by atoms with Crippen molar-refractivity contribution in [3.63, 3.8) is 0 Å². The summed E-state index contributed by atoms with van der Waals surface area (Å²) in [7, 11) is 0. The van der Waals surface area contributed by atoms with Gasteiger partial charge in [0.25, 0.3) is 11.6 Å². The number of nitrogens with zero attached hydrogens (tertiary/aromatic N) is 3. The predicted octanol–water partition coefficient (Wildman–Crippen LogP) is 4.94. The van der Waals surface area contributed by atoms with Crippen LogP contribution in [0.15, 0.2) is 53.6 Å². The molecular weight excluding hydrogens is 427 g/mol. The van der Waals surface area contributed by atoms with E-state index in [0.717, 1.165) is 43.4 Å². The van der Waals surface area contributed by atoms with E-state index in [1.165, 1.54) is 24.3 Å².